The van der Waals surface area contributed by atoms with Gasteiger partial charge in [0.25, 0.3) is 0 Å². The van der Waals surface area contributed by atoms with Gasteiger partial charge in [-0.1, -0.05) is 41.3 Å². The Bertz CT molecular complexity index is 1140. The minimum Gasteiger partial charge on any atom is -0.497 e. The van der Waals surface area contributed by atoms with Crippen molar-refractivity contribution in [1.82, 2.24) is 15.2 Å². The maximum absolute atomic E-state index is 5.31. The zero-order valence-electron chi connectivity index (χ0n) is 18.1. The summed E-state index contributed by atoms with van der Waals surface area (Å²) < 4.78 is 5.31. The Morgan fingerprint density at radius 3 is 2.45 bits per heavy atom. The van der Waals surface area contributed by atoms with Crippen LogP contribution < -0.4 is 10.1 Å². The van der Waals surface area contributed by atoms with Gasteiger partial charge in [-0.25, -0.2) is 5.01 Å². The third-order valence-corrected chi connectivity index (χ3v) is 6.70. The van der Waals surface area contributed by atoms with Crippen molar-refractivity contribution in [2.45, 2.75) is 33.1 Å². The molecule has 2 aromatic carbocycles. The van der Waals surface area contributed by atoms with Gasteiger partial charge in [0, 0.05) is 5.69 Å². The monoisotopic (exact) mass is 452 g/mol. The fraction of sp³-hybridized carbons (Fsp3) is 0.273. The normalized spacial score (nSPS) is 16.4. The van der Waals surface area contributed by atoms with Crippen LogP contribution >= 0.6 is 23.1 Å². The second-order valence-electron chi connectivity index (χ2n) is 7.17. The standard InChI is InChI=1S/C22H24N6OS2/c1-13-6-9-18(12-14(13)2)23-21(24-22-26-25-15(3)31-22)28-20(30-16(4)27-28)17-7-10-19(29-5)11-8-17/h6-12,20H,1-5H3,(H,23,24,26). The Morgan fingerprint density at radius 1 is 1.03 bits per heavy atom. The van der Waals surface area contributed by atoms with E-state index in [9.17, 15) is 0 Å². The number of hydrazone groups is 1. The smallest absolute Gasteiger partial charge is 0.234 e. The fourth-order valence-corrected chi connectivity index (χ4v) is 4.64. The predicted octanol–water partition coefficient (Wildman–Crippen LogP) is 5.65. The number of thioether (sulfide) groups is 1. The van der Waals surface area contributed by atoms with Gasteiger partial charge in [0.2, 0.25) is 11.1 Å². The molecule has 0 radical (unpaired) electrons. The molecule has 1 atom stereocenters. The van der Waals surface area contributed by atoms with Gasteiger partial charge >= 0.3 is 0 Å². The number of aromatic nitrogens is 2. The summed E-state index contributed by atoms with van der Waals surface area (Å²) in [4.78, 5) is 4.78. The molecule has 7 nitrogen and oxygen atoms in total. The summed E-state index contributed by atoms with van der Waals surface area (Å²) in [5.41, 5.74) is 4.50. The summed E-state index contributed by atoms with van der Waals surface area (Å²) in [6.45, 7) is 8.12. The molecule has 9 heteroatoms. The first-order chi connectivity index (χ1) is 14.9. The quantitative estimate of drug-likeness (QED) is 0.407. The van der Waals surface area contributed by atoms with Gasteiger partial charge in [-0.2, -0.15) is 10.1 Å². The van der Waals surface area contributed by atoms with Gasteiger partial charge in [-0.05, 0) is 68.7 Å². The first-order valence-electron chi connectivity index (χ1n) is 9.81. The topological polar surface area (TPSA) is 75.0 Å². The van der Waals surface area contributed by atoms with Crippen molar-refractivity contribution >= 4 is 44.9 Å². The summed E-state index contributed by atoms with van der Waals surface area (Å²) in [6.07, 6.45) is 0. The van der Waals surface area contributed by atoms with E-state index >= 15 is 0 Å². The highest BCUT2D eigenvalue weighted by molar-refractivity contribution is 8.14. The lowest BCUT2D eigenvalue weighted by Gasteiger charge is -2.25. The molecular weight excluding hydrogens is 428 g/mol. The number of rotatable bonds is 4. The summed E-state index contributed by atoms with van der Waals surface area (Å²) in [6, 6.07) is 14.3. The molecule has 1 N–H and O–H groups in total. The second kappa shape index (κ2) is 9.07. The van der Waals surface area contributed by atoms with Crippen molar-refractivity contribution in [3.05, 3.63) is 64.2 Å². The molecule has 0 aliphatic carbocycles. The average molecular weight is 453 g/mol. The third-order valence-electron chi connectivity index (χ3n) is 4.85. The molecule has 0 bridgehead atoms. The van der Waals surface area contributed by atoms with Crippen molar-refractivity contribution in [3.63, 3.8) is 0 Å². The highest BCUT2D eigenvalue weighted by Crippen LogP contribution is 2.40. The number of benzene rings is 2. The van der Waals surface area contributed by atoms with Gasteiger partial charge in [-0.15, -0.1) is 10.2 Å². The Kier molecular flexibility index (Phi) is 6.24. The maximum atomic E-state index is 5.31. The van der Waals surface area contributed by atoms with Crippen LogP contribution in [0.3, 0.4) is 0 Å². The fourth-order valence-electron chi connectivity index (χ4n) is 3.08. The first-order valence-corrected chi connectivity index (χ1v) is 11.5. The molecule has 1 aliphatic rings. The van der Waals surface area contributed by atoms with E-state index in [1.807, 2.05) is 37.1 Å². The average Bonchev–Trinajstić information content (AvgIpc) is 3.35. The molecular formula is C22H24N6OS2. The molecule has 160 valence electrons. The molecule has 0 saturated heterocycles. The minimum absolute atomic E-state index is 0.0577. The number of ether oxygens (including phenoxy) is 1. The van der Waals surface area contributed by atoms with Crippen LogP contribution in [-0.2, 0) is 0 Å². The van der Waals surface area contributed by atoms with E-state index in [1.165, 1.54) is 22.5 Å². The Balaban J connectivity index is 1.72. The van der Waals surface area contributed by atoms with Crippen LogP contribution in [0.15, 0.2) is 52.6 Å². The minimum atomic E-state index is -0.0577. The summed E-state index contributed by atoms with van der Waals surface area (Å²) in [5, 5.41) is 20.8. The SMILES string of the molecule is COc1ccc(C2SC(C)=NN2/C(=N/c2nnc(C)s2)Nc2ccc(C)c(C)c2)cc1. The van der Waals surface area contributed by atoms with E-state index in [0.29, 0.717) is 11.1 Å². The zero-order valence-corrected chi connectivity index (χ0v) is 19.7. The van der Waals surface area contributed by atoms with Crippen molar-refractivity contribution in [2.75, 3.05) is 12.4 Å². The molecule has 0 spiro atoms. The summed E-state index contributed by atoms with van der Waals surface area (Å²) in [7, 11) is 1.67. The lowest BCUT2D eigenvalue weighted by Crippen LogP contribution is -2.32. The molecule has 31 heavy (non-hydrogen) atoms. The van der Waals surface area contributed by atoms with Crippen LogP contribution in [0, 0.1) is 20.8 Å². The predicted molar refractivity (Wildman–Crippen MR) is 130 cm³/mol. The zero-order chi connectivity index (χ0) is 22.0. The number of nitrogens with zero attached hydrogens (tertiary/aromatic N) is 5. The Morgan fingerprint density at radius 2 is 1.81 bits per heavy atom. The van der Waals surface area contributed by atoms with E-state index in [2.05, 4.69) is 53.6 Å². The number of hydrogen-bond donors (Lipinski definition) is 1. The number of hydrogen-bond acceptors (Lipinski definition) is 7. The number of methoxy groups -OCH3 is 1. The van der Waals surface area contributed by atoms with Gasteiger partial charge in [0.05, 0.1) is 12.2 Å². The van der Waals surface area contributed by atoms with Gasteiger partial charge in [-0.3, -0.25) is 0 Å². The molecule has 0 amide bonds. The molecule has 4 rings (SSSR count). The van der Waals surface area contributed by atoms with Crippen LogP contribution in [0.25, 0.3) is 0 Å². The van der Waals surface area contributed by atoms with Crippen molar-refractivity contribution in [3.8, 4) is 5.75 Å². The molecule has 0 saturated carbocycles. The third kappa shape index (κ3) is 4.88. The van der Waals surface area contributed by atoms with Crippen LogP contribution in [0.2, 0.25) is 0 Å². The van der Waals surface area contributed by atoms with E-state index in [4.69, 9.17) is 14.8 Å². The molecule has 2 heterocycles. The lowest BCUT2D eigenvalue weighted by molar-refractivity contribution is 0.413. The highest BCUT2D eigenvalue weighted by atomic mass is 32.2. The number of nitrogens with one attached hydrogen (secondary N) is 1. The van der Waals surface area contributed by atoms with Crippen molar-refractivity contribution < 1.29 is 4.74 Å². The molecule has 1 aliphatic heterocycles. The van der Waals surface area contributed by atoms with Gasteiger partial charge in [0.1, 0.15) is 16.1 Å². The van der Waals surface area contributed by atoms with Crippen LogP contribution in [0.1, 0.15) is 34.0 Å². The number of aliphatic imine (C=N–C) groups is 1. The van der Waals surface area contributed by atoms with Crippen LogP contribution in [0.4, 0.5) is 10.8 Å². The molecule has 1 unspecified atom stereocenters. The van der Waals surface area contributed by atoms with Crippen molar-refractivity contribution in [1.29, 1.82) is 0 Å². The number of guanidine groups is 1. The van der Waals surface area contributed by atoms with E-state index in [-0.39, 0.29) is 5.37 Å². The van der Waals surface area contributed by atoms with Gasteiger partial charge in [0.15, 0.2) is 0 Å². The van der Waals surface area contributed by atoms with E-state index in [0.717, 1.165) is 27.1 Å². The number of anilines is 1. The van der Waals surface area contributed by atoms with E-state index in [1.54, 1.807) is 18.9 Å². The van der Waals surface area contributed by atoms with Crippen LogP contribution in [-0.4, -0.2) is 33.3 Å². The largest absolute Gasteiger partial charge is 0.497 e. The molecule has 1 aromatic heterocycles. The summed E-state index contributed by atoms with van der Waals surface area (Å²) >= 11 is 3.13. The van der Waals surface area contributed by atoms with Crippen LogP contribution in [0.5, 0.6) is 5.75 Å². The highest BCUT2D eigenvalue weighted by Gasteiger charge is 2.31. The Hall–Kier alpha value is -2.91. The van der Waals surface area contributed by atoms with Crippen molar-refractivity contribution in [2.24, 2.45) is 10.1 Å². The molecule has 0 fully saturated rings. The van der Waals surface area contributed by atoms with Gasteiger partial charge < -0.3 is 10.1 Å². The maximum Gasteiger partial charge on any atom is 0.234 e. The number of aryl methyl sites for hydroxylation is 3. The lowest BCUT2D eigenvalue weighted by atomic mass is 10.1. The Labute approximate surface area is 190 Å². The van der Waals surface area contributed by atoms with E-state index < -0.39 is 0 Å². The first kappa shape index (κ1) is 21.3. The second-order valence-corrected chi connectivity index (χ2v) is 9.60. The molecule has 3 aromatic rings. The summed E-state index contributed by atoms with van der Waals surface area (Å²) in [5.74, 6) is 1.42.